The van der Waals surface area contributed by atoms with E-state index in [4.69, 9.17) is 0 Å². The lowest BCUT2D eigenvalue weighted by Gasteiger charge is -2.56. The number of nitrogens with one attached hydrogen (secondary N) is 1. The van der Waals surface area contributed by atoms with Crippen molar-refractivity contribution in [1.29, 1.82) is 0 Å². The van der Waals surface area contributed by atoms with Crippen molar-refractivity contribution in [1.82, 2.24) is 15.0 Å². The lowest BCUT2D eigenvalue weighted by atomic mass is 9.48. The highest BCUT2D eigenvalue weighted by atomic mass is 16.2. The van der Waals surface area contributed by atoms with Gasteiger partial charge in [0.2, 0.25) is 0 Å². The first-order valence-electron chi connectivity index (χ1n) is 10.8. The summed E-state index contributed by atoms with van der Waals surface area (Å²) in [4.78, 5) is 17.3. The van der Waals surface area contributed by atoms with Crippen LogP contribution in [-0.2, 0) is 6.54 Å². The van der Waals surface area contributed by atoms with Gasteiger partial charge in [-0.1, -0.05) is 0 Å². The maximum Gasteiger partial charge on any atom is 0.271 e. The number of nitrogens with zero attached hydrogens (tertiary/aromatic N) is 3. The van der Waals surface area contributed by atoms with Crippen molar-refractivity contribution in [2.75, 3.05) is 0 Å². The smallest absolute Gasteiger partial charge is 0.271 e. The van der Waals surface area contributed by atoms with E-state index in [1.165, 1.54) is 38.5 Å². The van der Waals surface area contributed by atoms with Crippen LogP contribution >= 0.6 is 0 Å². The first kappa shape index (κ1) is 17.9. The van der Waals surface area contributed by atoms with Crippen LogP contribution in [0.1, 0.15) is 68.6 Å². The zero-order valence-corrected chi connectivity index (χ0v) is 17.2. The fourth-order valence-corrected chi connectivity index (χ4v) is 6.66. The normalized spacial score (nSPS) is 31.5. The van der Waals surface area contributed by atoms with Crippen molar-refractivity contribution in [2.45, 2.75) is 65.8 Å². The second-order valence-electron chi connectivity index (χ2n) is 9.44. The number of aromatic nitrogens is 2. The molecule has 148 valence electrons. The molecule has 0 saturated heterocycles. The summed E-state index contributed by atoms with van der Waals surface area (Å²) < 4.78 is 2.16. The van der Waals surface area contributed by atoms with Crippen LogP contribution in [0.4, 0.5) is 0 Å². The van der Waals surface area contributed by atoms with Crippen LogP contribution in [0, 0.1) is 30.1 Å². The van der Waals surface area contributed by atoms with E-state index < -0.39 is 0 Å². The molecule has 28 heavy (non-hydrogen) atoms. The minimum Gasteiger partial charge on any atom is -0.329 e. The second kappa shape index (κ2) is 6.43. The fraction of sp³-hybridized carbons (Fsp3) is 0.609. The fourth-order valence-electron chi connectivity index (χ4n) is 6.66. The van der Waals surface area contributed by atoms with Gasteiger partial charge in [-0.3, -0.25) is 4.79 Å². The summed E-state index contributed by atoms with van der Waals surface area (Å²) in [6, 6.07) is 5.74. The molecular weight excluding hydrogens is 348 g/mol. The summed E-state index contributed by atoms with van der Waals surface area (Å²) >= 11 is 0. The maximum atomic E-state index is 12.7. The molecule has 0 aliphatic heterocycles. The minimum atomic E-state index is -0.144. The molecule has 0 spiro atoms. The zero-order chi connectivity index (χ0) is 19.5. The predicted octanol–water partition coefficient (Wildman–Crippen LogP) is 4.69. The van der Waals surface area contributed by atoms with Crippen LogP contribution in [0.25, 0.3) is 11.0 Å². The average molecular weight is 379 g/mol. The monoisotopic (exact) mass is 378 g/mol. The quantitative estimate of drug-likeness (QED) is 0.620. The van der Waals surface area contributed by atoms with Crippen molar-refractivity contribution in [3.63, 3.8) is 0 Å². The number of benzene rings is 1. The molecule has 1 N–H and O–H groups in total. The standard InChI is InChI=1S/C23H30N4O/c1-4-27-15(3)24-20-10-19(5-6-21(20)27)22(28)26-25-14(2)23-11-16-7-17(12-23)9-18(8-16)13-23/h5-6,10,16-18H,4,7-9,11-13H2,1-3H3,(H,26,28)/b25-14-. The summed E-state index contributed by atoms with van der Waals surface area (Å²) in [5, 5.41) is 4.60. The highest BCUT2D eigenvalue weighted by molar-refractivity contribution is 5.98. The SMILES string of the molecule is CCn1c(C)nc2cc(C(=O)N/N=C(/C)C34CC5CC(CC(C5)C3)C4)ccc21. The Balaban J connectivity index is 1.35. The van der Waals surface area contributed by atoms with Crippen molar-refractivity contribution >= 4 is 22.7 Å². The lowest BCUT2D eigenvalue weighted by Crippen LogP contribution is -2.49. The molecule has 1 heterocycles. The van der Waals surface area contributed by atoms with E-state index in [0.717, 1.165) is 46.9 Å². The molecule has 1 aromatic carbocycles. The van der Waals surface area contributed by atoms with Gasteiger partial charge in [-0.2, -0.15) is 5.10 Å². The molecule has 1 aromatic heterocycles. The molecule has 4 aliphatic rings. The molecule has 0 atom stereocenters. The molecule has 4 bridgehead atoms. The van der Waals surface area contributed by atoms with Crippen molar-refractivity contribution in [3.05, 3.63) is 29.6 Å². The Hall–Kier alpha value is -2.17. The molecule has 0 unspecified atom stereocenters. The van der Waals surface area contributed by atoms with Gasteiger partial charge in [-0.15, -0.1) is 0 Å². The molecular formula is C23H30N4O. The van der Waals surface area contributed by atoms with Gasteiger partial charge >= 0.3 is 0 Å². The van der Waals surface area contributed by atoms with Gasteiger partial charge in [0, 0.05) is 23.2 Å². The van der Waals surface area contributed by atoms with E-state index in [-0.39, 0.29) is 11.3 Å². The van der Waals surface area contributed by atoms with Crippen LogP contribution in [-0.4, -0.2) is 21.2 Å². The third-order valence-corrected chi connectivity index (χ3v) is 7.65. The zero-order valence-electron chi connectivity index (χ0n) is 17.2. The van der Waals surface area contributed by atoms with Gasteiger partial charge in [0.05, 0.1) is 11.0 Å². The van der Waals surface area contributed by atoms with Crippen LogP contribution in [0.3, 0.4) is 0 Å². The molecule has 5 nitrogen and oxygen atoms in total. The van der Waals surface area contributed by atoms with Gasteiger partial charge in [-0.05, 0) is 95.2 Å². The van der Waals surface area contributed by atoms with E-state index in [0.29, 0.717) is 5.56 Å². The molecule has 4 saturated carbocycles. The minimum absolute atomic E-state index is 0.144. The summed E-state index contributed by atoms with van der Waals surface area (Å²) in [5.74, 6) is 3.48. The van der Waals surface area contributed by atoms with Crippen molar-refractivity contribution < 1.29 is 4.79 Å². The van der Waals surface area contributed by atoms with Crippen LogP contribution in [0.2, 0.25) is 0 Å². The number of aryl methyl sites for hydroxylation is 2. The largest absolute Gasteiger partial charge is 0.329 e. The van der Waals surface area contributed by atoms with Gasteiger partial charge in [0.25, 0.3) is 5.91 Å². The molecule has 6 rings (SSSR count). The number of rotatable bonds is 4. The number of hydrogen-bond acceptors (Lipinski definition) is 3. The van der Waals surface area contributed by atoms with Crippen molar-refractivity contribution in [2.24, 2.45) is 28.3 Å². The van der Waals surface area contributed by atoms with Gasteiger partial charge in [-0.25, -0.2) is 10.4 Å². The molecule has 2 aromatic rings. The Bertz CT molecular complexity index is 935. The first-order valence-corrected chi connectivity index (χ1v) is 10.8. The average Bonchev–Trinajstić information content (AvgIpc) is 2.98. The first-order chi connectivity index (χ1) is 13.5. The lowest BCUT2D eigenvalue weighted by molar-refractivity contribution is -0.0128. The van der Waals surface area contributed by atoms with E-state index in [2.05, 4.69) is 33.9 Å². The summed E-state index contributed by atoms with van der Waals surface area (Å²) in [5.41, 5.74) is 6.77. The number of carbonyl (C=O) groups excluding carboxylic acids is 1. The number of amides is 1. The number of hydrazone groups is 1. The summed E-state index contributed by atoms with van der Waals surface area (Å²) in [6.07, 6.45) is 8.06. The van der Waals surface area contributed by atoms with E-state index >= 15 is 0 Å². The Morgan fingerprint density at radius 2 is 1.86 bits per heavy atom. The number of imidazole rings is 1. The van der Waals surface area contributed by atoms with Gasteiger partial charge in [0.15, 0.2) is 0 Å². The van der Waals surface area contributed by atoms with Crippen LogP contribution in [0.15, 0.2) is 23.3 Å². The highest BCUT2D eigenvalue weighted by Crippen LogP contribution is 2.60. The Labute approximate surface area is 166 Å². The van der Waals surface area contributed by atoms with Gasteiger partial charge in [0.1, 0.15) is 5.82 Å². The Morgan fingerprint density at radius 1 is 1.21 bits per heavy atom. The van der Waals surface area contributed by atoms with Gasteiger partial charge < -0.3 is 4.57 Å². The Kier molecular flexibility index (Phi) is 4.11. The predicted molar refractivity (Wildman–Crippen MR) is 111 cm³/mol. The van der Waals surface area contributed by atoms with Crippen LogP contribution in [0.5, 0.6) is 0 Å². The second-order valence-corrected chi connectivity index (χ2v) is 9.44. The van der Waals surface area contributed by atoms with Crippen LogP contribution < -0.4 is 5.43 Å². The molecule has 4 aliphatic carbocycles. The van der Waals surface area contributed by atoms with E-state index in [9.17, 15) is 4.79 Å². The van der Waals surface area contributed by atoms with E-state index in [1.807, 2.05) is 25.1 Å². The molecule has 1 amide bonds. The summed E-state index contributed by atoms with van der Waals surface area (Å²) in [7, 11) is 0. The molecule has 5 heteroatoms. The summed E-state index contributed by atoms with van der Waals surface area (Å²) in [6.45, 7) is 7.12. The third-order valence-electron chi connectivity index (χ3n) is 7.65. The number of fused-ring (bicyclic) bond motifs is 1. The topological polar surface area (TPSA) is 59.3 Å². The highest BCUT2D eigenvalue weighted by Gasteiger charge is 2.52. The number of carbonyl (C=O) groups is 1. The third kappa shape index (κ3) is 2.78. The number of hydrogen-bond donors (Lipinski definition) is 1. The van der Waals surface area contributed by atoms with Crippen molar-refractivity contribution in [3.8, 4) is 0 Å². The van der Waals surface area contributed by atoms with E-state index in [1.54, 1.807) is 0 Å². The molecule has 0 radical (unpaired) electrons. The maximum absolute atomic E-state index is 12.7. The molecule has 4 fully saturated rings. The Morgan fingerprint density at radius 3 is 2.46 bits per heavy atom.